The van der Waals surface area contributed by atoms with Crippen molar-refractivity contribution in [3.05, 3.63) is 114 Å². The zero-order chi connectivity index (χ0) is 36.6. The van der Waals surface area contributed by atoms with Gasteiger partial charge in [0.1, 0.15) is 22.6 Å². The summed E-state index contributed by atoms with van der Waals surface area (Å²) in [5.41, 5.74) is -12.2. The van der Waals surface area contributed by atoms with E-state index < -0.39 is 113 Å². The van der Waals surface area contributed by atoms with Gasteiger partial charge in [0, 0.05) is 34.4 Å². The summed E-state index contributed by atoms with van der Waals surface area (Å²) in [5.74, 6) is -5.67. The molecule has 0 heterocycles. The summed E-state index contributed by atoms with van der Waals surface area (Å²) in [6.07, 6.45) is -9.99. The first kappa shape index (κ1) is 34.8. The number of carbonyl (C=O) groups is 2. The van der Waals surface area contributed by atoms with Crippen LogP contribution in [0.2, 0.25) is 0 Å². The highest BCUT2D eigenvalue weighted by molar-refractivity contribution is 6.04. The number of nitro benzene ring substituents is 2. The highest BCUT2D eigenvalue weighted by Gasteiger charge is 2.36. The van der Waals surface area contributed by atoms with Crippen molar-refractivity contribution in [1.82, 2.24) is 0 Å². The van der Waals surface area contributed by atoms with Gasteiger partial charge in [0.25, 0.3) is 11.4 Å². The quantitative estimate of drug-likeness (QED) is 0.103. The van der Waals surface area contributed by atoms with Crippen LogP contribution in [0.3, 0.4) is 0 Å². The number of rotatable bonds is 8. The summed E-state index contributed by atoms with van der Waals surface area (Å²) < 4.78 is 86.4. The summed E-state index contributed by atoms with van der Waals surface area (Å²) >= 11 is 0. The van der Waals surface area contributed by atoms with Crippen LogP contribution in [-0.4, -0.2) is 32.0 Å². The monoisotopic (exact) mass is 686 g/mol. The van der Waals surface area contributed by atoms with E-state index in [4.69, 9.17) is 4.74 Å². The fourth-order valence-corrected chi connectivity index (χ4v) is 4.77. The van der Waals surface area contributed by atoms with Crippen LogP contribution in [0.25, 0.3) is 22.3 Å². The van der Waals surface area contributed by atoms with Crippen LogP contribution in [0.4, 0.5) is 37.7 Å². The third-order valence-corrected chi connectivity index (χ3v) is 6.80. The molecule has 0 fully saturated rings. The number of ether oxygens (including phenoxy) is 1. The topological polar surface area (TPSA) is 218 Å². The molecule has 0 aliphatic heterocycles. The molecule has 13 nitrogen and oxygen atoms in total. The van der Waals surface area contributed by atoms with E-state index in [1.807, 2.05) is 0 Å². The molecule has 49 heavy (non-hydrogen) atoms. The molecular weight excluding hydrogens is 674 g/mol. The zero-order valence-corrected chi connectivity index (χ0v) is 23.6. The first-order valence-corrected chi connectivity index (χ1v) is 12.8. The molecule has 248 valence electrons. The molecule has 2 N–H and O–H groups in total. The third-order valence-electron chi connectivity index (χ3n) is 6.80. The second-order valence-corrected chi connectivity index (χ2v) is 9.63. The van der Waals surface area contributed by atoms with Crippen molar-refractivity contribution < 1.29 is 60.7 Å². The Morgan fingerprint density at radius 2 is 1.00 bits per heavy atom. The number of nitriles is 2. The molecule has 0 spiro atoms. The molecule has 0 radical (unpaired) electrons. The van der Waals surface area contributed by atoms with Gasteiger partial charge < -0.3 is 14.9 Å². The number of carboxylic acid groups (broad SMARTS) is 2. The maximum Gasteiger partial charge on any atom is 0.416 e. The second kappa shape index (κ2) is 12.6. The maximum atomic E-state index is 13.4. The highest BCUT2D eigenvalue weighted by Crippen LogP contribution is 2.47. The first-order chi connectivity index (χ1) is 22.8. The summed E-state index contributed by atoms with van der Waals surface area (Å²) in [6, 6.07) is 8.16. The Kier molecular flexibility index (Phi) is 8.99. The van der Waals surface area contributed by atoms with E-state index >= 15 is 0 Å². The molecule has 4 aromatic rings. The Morgan fingerprint density at radius 3 is 1.27 bits per heavy atom. The van der Waals surface area contributed by atoms with E-state index in [0.717, 1.165) is 12.1 Å². The van der Waals surface area contributed by atoms with Crippen LogP contribution >= 0.6 is 0 Å². The van der Waals surface area contributed by atoms with Gasteiger partial charge >= 0.3 is 24.3 Å². The lowest BCUT2D eigenvalue weighted by Crippen LogP contribution is -2.10. The van der Waals surface area contributed by atoms with Crippen LogP contribution in [-0.2, 0) is 12.4 Å². The fourth-order valence-electron chi connectivity index (χ4n) is 4.77. The molecule has 19 heteroatoms. The highest BCUT2D eigenvalue weighted by atomic mass is 19.4. The molecule has 0 aliphatic rings. The predicted molar refractivity (Wildman–Crippen MR) is 150 cm³/mol. The molecule has 0 atom stereocenters. The molecule has 0 saturated heterocycles. The Labute approximate surface area is 267 Å². The van der Waals surface area contributed by atoms with Gasteiger partial charge in [-0.2, -0.15) is 36.9 Å². The van der Waals surface area contributed by atoms with Crippen LogP contribution in [0.15, 0.2) is 60.7 Å². The van der Waals surface area contributed by atoms with E-state index in [0.29, 0.717) is 48.5 Å². The molecule has 4 aromatic carbocycles. The van der Waals surface area contributed by atoms with Gasteiger partial charge in [0.15, 0.2) is 0 Å². The average Bonchev–Trinajstić information content (AvgIpc) is 3.02. The second-order valence-electron chi connectivity index (χ2n) is 9.63. The number of halogens is 6. The van der Waals surface area contributed by atoms with Gasteiger partial charge in [-0.05, 0) is 36.4 Å². The Balaban J connectivity index is 2.16. The van der Waals surface area contributed by atoms with Gasteiger partial charge in [-0.25, -0.2) is 9.59 Å². The number of benzene rings is 4. The van der Waals surface area contributed by atoms with Crippen molar-refractivity contribution in [2.75, 3.05) is 0 Å². The molecule has 0 bridgehead atoms. The van der Waals surface area contributed by atoms with Gasteiger partial charge in [-0.15, -0.1) is 0 Å². The van der Waals surface area contributed by atoms with E-state index in [9.17, 15) is 76.9 Å². The van der Waals surface area contributed by atoms with Gasteiger partial charge in [0.2, 0.25) is 0 Å². The normalized spacial score (nSPS) is 11.3. The third kappa shape index (κ3) is 6.62. The standard InChI is InChI=1S/C30H12F6N4O9/c31-29(32,33)15-1-3-17(13(9-15)11-37)23-21(7-5-19(39(45)46)25(23)27(41)42)49-22-8-6-20(40(47)48)26(28(43)44)24(22)18-4-2-16(30(34,35)36)10-14(18)12-38/h1-10H,(H,41,42)(H,43,44). The minimum Gasteiger partial charge on any atom is -0.477 e. The molecule has 0 aromatic heterocycles. The van der Waals surface area contributed by atoms with Crippen LogP contribution in [0.5, 0.6) is 11.5 Å². The van der Waals surface area contributed by atoms with Crippen molar-refractivity contribution in [2.24, 2.45) is 0 Å². The SMILES string of the molecule is N#Cc1cc(C(F)(F)F)ccc1-c1c(Oc2ccc([N+](=O)[O-])c(C(=O)O)c2-c2ccc(C(F)(F)F)cc2C#N)ccc([N+](=O)[O-])c1C(=O)O. The summed E-state index contributed by atoms with van der Waals surface area (Å²) in [4.78, 5) is 46.0. The van der Waals surface area contributed by atoms with Crippen molar-refractivity contribution in [3.63, 3.8) is 0 Å². The summed E-state index contributed by atoms with van der Waals surface area (Å²) in [6.45, 7) is 0. The van der Waals surface area contributed by atoms with Crippen LogP contribution in [0.1, 0.15) is 43.0 Å². The predicted octanol–water partition coefficient (Wildman–Crippen LogP) is 7.81. The minimum atomic E-state index is -5.00. The van der Waals surface area contributed by atoms with E-state index in [1.165, 1.54) is 12.1 Å². The van der Waals surface area contributed by atoms with Crippen molar-refractivity contribution in [3.8, 4) is 45.9 Å². The van der Waals surface area contributed by atoms with Gasteiger partial charge in [0.05, 0.1) is 44.2 Å². The molecule has 0 unspecified atom stereocenters. The molecule has 0 amide bonds. The zero-order valence-electron chi connectivity index (χ0n) is 23.6. The largest absolute Gasteiger partial charge is 0.477 e. The Morgan fingerprint density at radius 1 is 0.653 bits per heavy atom. The summed E-state index contributed by atoms with van der Waals surface area (Å²) in [7, 11) is 0. The van der Waals surface area contributed by atoms with Crippen molar-refractivity contribution in [2.45, 2.75) is 12.4 Å². The lowest BCUT2D eigenvalue weighted by Gasteiger charge is -2.19. The summed E-state index contributed by atoms with van der Waals surface area (Å²) in [5, 5.41) is 63.0. The first-order valence-electron chi connectivity index (χ1n) is 12.8. The number of carboxylic acids is 2. The maximum absolute atomic E-state index is 13.4. The fraction of sp³-hybridized carbons (Fsp3) is 0.0667. The Hall–Kier alpha value is -7.02. The van der Waals surface area contributed by atoms with Crippen molar-refractivity contribution in [1.29, 1.82) is 10.5 Å². The van der Waals surface area contributed by atoms with Gasteiger partial charge in [-0.1, -0.05) is 12.1 Å². The van der Waals surface area contributed by atoms with Gasteiger partial charge in [-0.3, -0.25) is 20.2 Å². The van der Waals surface area contributed by atoms with E-state index in [-0.39, 0.29) is 0 Å². The minimum absolute atomic E-state index is 0.310. The van der Waals surface area contributed by atoms with E-state index in [2.05, 4.69) is 0 Å². The average molecular weight is 686 g/mol. The number of hydrogen-bond donors (Lipinski definition) is 2. The van der Waals surface area contributed by atoms with Crippen LogP contribution in [0, 0.1) is 42.9 Å². The molecular formula is C30H12F6N4O9. The number of alkyl halides is 6. The molecule has 0 saturated carbocycles. The smallest absolute Gasteiger partial charge is 0.416 e. The molecule has 0 aliphatic carbocycles. The number of aromatic carboxylic acids is 2. The Bertz CT molecular complexity index is 2030. The number of nitro groups is 2. The lowest BCUT2D eigenvalue weighted by atomic mass is 9.91. The number of hydrogen-bond acceptors (Lipinski definition) is 9. The molecule has 4 rings (SSSR count). The van der Waals surface area contributed by atoms with E-state index in [1.54, 1.807) is 0 Å². The van der Waals surface area contributed by atoms with Crippen molar-refractivity contribution >= 4 is 23.3 Å². The number of nitrogens with zero attached hydrogens (tertiary/aromatic N) is 4. The van der Waals surface area contributed by atoms with Crippen LogP contribution < -0.4 is 4.74 Å². The lowest BCUT2D eigenvalue weighted by molar-refractivity contribution is -0.385.